The molecule has 0 nitrogen and oxygen atoms in total. The van der Waals surface area contributed by atoms with Crippen LogP contribution in [0.4, 0.5) is 4.39 Å². The van der Waals surface area contributed by atoms with E-state index in [1.165, 1.54) is 76.2 Å². The van der Waals surface area contributed by atoms with Crippen molar-refractivity contribution in [2.75, 3.05) is 0 Å². The van der Waals surface area contributed by atoms with E-state index in [0.717, 1.165) is 23.1 Å². The fourth-order valence-electron chi connectivity index (χ4n) is 5.95. The van der Waals surface area contributed by atoms with Crippen LogP contribution in [-0.4, -0.2) is 0 Å². The van der Waals surface area contributed by atoms with Crippen LogP contribution in [0.2, 0.25) is 5.02 Å². The van der Waals surface area contributed by atoms with E-state index in [9.17, 15) is 4.39 Å². The van der Waals surface area contributed by atoms with Gasteiger partial charge in [0.2, 0.25) is 0 Å². The number of benzene rings is 2. The highest BCUT2D eigenvalue weighted by Crippen LogP contribution is 2.48. The van der Waals surface area contributed by atoms with E-state index in [-0.39, 0.29) is 10.8 Å². The molecule has 0 N–H and O–H groups in total. The summed E-state index contributed by atoms with van der Waals surface area (Å²) in [6.45, 7) is 2.30. The molecule has 2 aliphatic carbocycles. The molecule has 0 bridgehead atoms. The average molecular weight is 401 g/mol. The van der Waals surface area contributed by atoms with Crippen molar-refractivity contribution in [3.63, 3.8) is 0 Å². The Kier molecular flexibility index (Phi) is 6.61. The summed E-state index contributed by atoms with van der Waals surface area (Å²) in [5.74, 6) is 3.21. The van der Waals surface area contributed by atoms with E-state index in [4.69, 9.17) is 11.6 Å². The van der Waals surface area contributed by atoms with Crippen molar-refractivity contribution in [2.24, 2.45) is 17.8 Å². The van der Waals surface area contributed by atoms with Gasteiger partial charge in [0, 0.05) is 5.39 Å². The quantitative estimate of drug-likeness (QED) is 0.424. The molecule has 4 rings (SSSR count). The fraction of sp³-hybridized carbons (Fsp3) is 0.615. The number of halogens is 2. The summed E-state index contributed by atoms with van der Waals surface area (Å²) >= 11 is 5.94. The molecular weight excluding hydrogens is 367 g/mol. The summed E-state index contributed by atoms with van der Waals surface area (Å²) in [6.07, 6.45) is 15.4. The minimum absolute atomic E-state index is 0.215. The molecule has 2 aliphatic rings. The smallest absolute Gasteiger partial charge is 0.149 e. The SMILES string of the molecule is CCCCCC[C@@H]1CC[C@@H]2CC(c3ccc4c(F)c(Cl)ccc4c3)CCC2C1. The molecule has 2 fully saturated rings. The Bertz CT molecular complexity index is 798. The minimum atomic E-state index is -0.285. The van der Waals surface area contributed by atoms with Crippen molar-refractivity contribution in [3.8, 4) is 0 Å². The van der Waals surface area contributed by atoms with Crippen molar-refractivity contribution in [1.82, 2.24) is 0 Å². The zero-order valence-electron chi connectivity index (χ0n) is 17.2. The molecule has 0 aliphatic heterocycles. The maximum atomic E-state index is 14.2. The number of hydrogen-bond acceptors (Lipinski definition) is 0. The van der Waals surface area contributed by atoms with E-state index < -0.39 is 0 Å². The summed E-state index contributed by atoms with van der Waals surface area (Å²) in [6, 6.07) is 9.93. The van der Waals surface area contributed by atoms with Gasteiger partial charge >= 0.3 is 0 Å². The lowest BCUT2D eigenvalue weighted by molar-refractivity contribution is 0.113. The highest BCUT2D eigenvalue weighted by Gasteiger charge is 2.35. The molecule has 2 heteroatoms. The third-order valence-electron chi connectivity index (χ3n) is 7.59. The molecule has 0 heterocycles. The highest BCUT2D eigenvalue weighted by atomic mass is 35.5. The summed E-state index contributed by atoms with van der Waals surface area (Å²) < 4.78 is 14.2. The van der Waals surface area contributed by atoms with Gasteiger partial charge in [-0.1, -0.05) is 81.3 Å². The molecule has 2 unspecified atom stereocenters. The van der Waals surface area contributed by atoms with Gasteiger partial charge in [0.15, 0.2) is 0 Å². The average Bonchev–Trinajstić information content (AvgIpc) is 2.73. The second kappa shape index (κ2) is 9.16. The van der Waals surface area contributed by atoms with E-state index in [1.807, 2.05) is 12.1 Å². The monoisotopic (exact) mass is 400 g/mol. The van der Waals surface area contributed by atoms with Crippen molar-refractivity contribution in [2.45, 2.75) is 83.5 Å². The lowest BCUT2D eigenvalue weighted by Crippen LogP contribution is -2.30. The first kappa shape index (κ1) is 20.2. The first-order valence-electron chi connectivity index (χ1n) is 11.5. The molecule has 0 amide bonds. The molecule has 0 aromatic heterocycles. The van der Waals surface area contributed by atoms with Crippen LogP contribution >= 0.6 is 11.6 Å². The van der Waals surface area contributed by atoms with Crippen molar-refractivity contribution < 1.29 is 4.39 Å². The Hall–Kier alpha value is -1.08. The van der Waals surface area contributed by atoms with Crippen LogP contribution in [0.1, 0.15) is 89.0 Å². The zero-order chi connectivity index (χ0) is 19.5. The first-order valence-corrected chi connectivity index (χ1v) is 11.9. The van der Waals surface area contributed by atoms with Gasteiger partial charge in [0.25, 0.3) is 0 Å². The maximum Gasteiger partial charge on any atom is 0.149 e. The van der Waals surface area contributed by atoms with E-state index in [1.54, 1.807) is 6.07 Å². The van der Waals surface area contributed by atoms with E-state index in [2.05, 4.69) is 19.1 Å². The second-order valence-corrected chi connectivity index (χ2v) is 9.81. The maximum absolute atomic E-state index is 14.2. The Morgan fingerprint density at radius 1 is 0.929 bits per heavy atom. The van der Waals surface area contributed by atoms with Crippen molar-refractivity contribution >= 4 is 22.4 Å². The molecule has 0 radical (unpaired) electrons. The van der Waals surface area contributed by atoms with Gasteiger partial charge in [-0.05, 0) is 72.8 Å². The summed E-state index contributed by atoms with van der Waals surface area (Å²) in [5.41, 5.74) is 1.40. The van der Waals surface area contributed by atoms with Gasteiger partial charge in [-0.3, -0.25) is 0 Å². The predicted molar refractivity (Wildman–Crippen MR) is 119 cm³/mol. The standard InChI is InChI=1S/C26H34ClF/c1-2-3-4-5-6-18-7-8-20-16-21(10-9-19(20)15-18)22-11-13-24-23(17-22)12-14-25(27)26(24)28/h11-14,17-21H,2-10,15-16H2,1H3/t18-,19?,20-,21?/m1/s1. The predicted octanol–water partition coefficient (Wildman–Crippen LogP) is 8.90. The molecular formula is C26H34ClF. The Labute approximate surface area is 174 Å². The topological polar surface area (TPSA) is 0 Å². The number of fused-ring (bicyclic) bond motifs is 2. The van der Waals surface area contributed by atoms with Crippen LogP contribution in [-0.2, 0) is 0 Å². The number of hydrogen-bond donors (Lipinski definition) is 0. The molecule has 152 valence electrons. The van der Waals surface area contributed by atoms with Crippen LogP contribution in [0.3, 0.4) is 0 Å². The third-order valence-corrected chi connectivity index (χ3v) is 7.88. The van der Waals surface area contributed by atoms with Crippen molar-refractivity contribution in [3.05, 3.63) is 46.7 Å². The largest absolute Gasteiger partial charge is 0.205 e. The molecule has 2 saturated carbocycles. The third kappa shape index (κ3) is 4.40. The van der Waals surface area contributed by atoms with Crippen LogP contribution in [0, 0.1) is 23.6 Å². The molecule has 28 heavy (non-hydrogen) atoms. The summed E-state index contributed by atoms with van der Waals surface area (Å²) in [5, 5.41) is 1.85. The second-order valence-electron chi connectivity index (χ2n) is 9.40. The lowest BCUT2D eigenvalue weighted by Gasteiger charge is -2.42. The van der Waals surface area contributed by atoms with Crippen LogP contribution in [0.25, 0.3) is 10.8 Å². The summed E-state index contributed by atoms with van der Waals surface area (Å²) in [4.78, 5) is 0. The lowest BCUT2D eigenvalue weighted by atomic mass is 9.63. The van der Waals surface area contributed by atoms with Crippen LogP contribution in [0.15, 0.2) is 30.3 Å². The molecule has 4 atom stereocenters. The number of unbranched alkanes of at least 4 members (excludes halogenated alkanes) is 3. The zero-order valence-corrected chi connectivity index (χ0v) is 18.0. The molecule has 2 aromatic rings. The van der Waals surface area contributed by atoms with Gasteiger partial charge in [-0.25, -0.2) is 4.39 Å². The Morgan fingerprint density at radius 2 is 1.75 bits per heavy atom. The van der Waals surface area contributed by atoms with Gasteiger partial charge < -0.3 is 0 Å². The molecule has 2 aromatic carbocycles. The van der Waals surface area contributed by atoms with Crippen LogP contribution in [0.5, 0.6) is 0 Å². The van der Waals surface area contributed by atoms with E-state index >= 15 is 0 Å². The van der Waals surface area contributed by atoms with Gasteiger partial charge in [0.1, 0.15) is 5.82 Å². The molecule has 0 saturated heterocycles. The van der Waals surface area contributed by atoms with Crippen LogP contribution < -0.4 is 0 Å². The van der Waals surface area contributed by atoms with Crippen molar-refractivity contribution in [1.29, 1.82) is 0 Å². The summed E-state index contributed by atoms with van der Waals surface area (Å²) in [7, 11) is 0. The van der Waals surface area contributed by atoms with Gasteiger partial charge in [-0.15, -0.1) is 0 Å². The Balaban J connectivity index is 1.37. The Morgan fingerprint density at radius 3 is 2.61 bits per heavy atom. The normalized spacial score (nSPS) is 27.7. The van der Waals surface area contributed by atoms with E-state index in [0.29, 0.717) is 11.3 Å². The minimum Gasteiger partial charge on any atom is -0.205 e. The van der Waals surface area contributed by atoms with Gasteiger partial charge in [-0.2, -0.15) is 0 Å². The number of rotatable bonds is 6. The molecule has 0 spiro atoms. The highest BCUT2D eigenvalue weighted by molar-refractivity contribution is 6.31. The van der Waals surface area contributed by atoms with Gasteiger partial charge in [0.05, 0.1) is 5.02 Å². The first-order chi connectivity index (χ1) is 13.7. The fourth-order valence-corrected chi connectivity index (χ4v) is 6.11.